The molecule has 0 unspecified atom stereocenters. The van der Waals surface area contributed by atoms with Crippen LogP contribution >= 0.6 is 34.7 Å². The van der Waals surface area contributed by atoms with Crippen LogP contribution in [-0.4, -0.2) is 23.5 Å². The molecule has 1 aliphatic carbocycles. The second-order valence-electron chi connectivity index (χ2n) is 5.06. The Morgan fingerprint density at radius 2 is 2.30 bits per heavy atom. The van der Waals surface area contributed by atoms with Crippen molar-refractivity contribution in [3.05, 3.63) is 28.1 Å². The third-order valence-corrected chi connectivity index (χ3v) is 6.55. The highest BCUT2D eigenvalue weighted by molar-refractivity contribution is 8.00. The summed E-state index contributed by atoms with van der Waals surface area (Å²) in [4.78, 5) is 12.9. The molecule has 1 amide bonds. The molecule has 1 fully saturated rings. The molecule has 0 aliphatic heterocycles. The first-order chi connectivity index (χ1) is 9.54. The molecule has 0 atom stereocenters. The van der Waals surface area contributed by atoms with Crippen molar-refractivity contribution in [2.75, 3.05) is 18.5 Å². The lowest BCUT2D eigenvalue weighted by Gasteiger charge is -2.12. The number of carbonyl (C=O) groups excluding carboxylic acids is 1. The predicted octanol–water partition coefficient (Wildman–Crippen LogP) is 3.76. The van der Waals surface area contributed by atoms with E-state index in [1.54, 1.807) is 0 Å². The van der Waals surface area contributed by atoms with Crippen molar-refractivity contribution in [3.8, 4) is 0 Å². The third kappa shape index (κ3) is 2.50. The number of thiophene rings is 1. The summed E-state index contributed by atoms with van der Waals surface area (Å²) < 4.78 is 1.24. The van der Waals surface area contributed by atoms with E-state index in [1.165, 1.54) is 24.2 Å². The van der Waals surface area contributed by atoms with E-state index in [0.717, 1.165) is 10.1 Å². The van der Waals surface area contributed by atoms with Crippen molar-refractivity contribution in [2.45, 2.75) is 17.6 Å². The molecule has 1 aromatic carbocycles. The Morgan fingerprint density at radius 1 is 1.55 bits per heavy atom. The molecule has 1 heterocycles. The number of amides is 1. The number of thioether (sulfide) groups is 1. The van der Waals surface area contributed by atoms with E-state index in [1.807, 2.05) is 30.0 Å². The van der Waals surface area contributed by atoms with Crippen LogP contribution < -0.4 is 11.1 Å². The van der Waals surface area contributed by atoms with Gasteiger partial charge in [0.2, 0.25) is 0 Å². The first-order valence-electron chi connectivity index (χ1n) is 6.35. The van der Waals surface area contributed by atoms with E-state index in [2.05, 4.69) is 11.6 Å². The van der Waals surface area contributed by atoms with Gasteiger partial charge in [-0.1, -0.05) is 11.6 Å². The minimum absolute atomic E-state index is 0.0832. The Balaban J connectivity index is 1.82. The van der Waals surface area contributed by atoms with Gasteiger partial charge >= 0.3 is 0 Å². The number of nitrogens with one attached hydrogen (secondary N) is 1. The van der Waals surface area contributed by atoms with E-state index < -0.39 is 0 Å². The zero-order valence-corrected chi connectivity index (χ0v) is 13.4. The molecule has 0 bridgehead atoms. The molecule has 3 nitrogen and oxygen atoms in total. The van der Waals surface area contributed by atoms with Crippen molar-refractivity contribution in [1.29, 1.82) is 0 Å². The maximum Gasteiger partial charge on any atom is 0.263 e. The number of fused-ring (bicyclic) bond motifs is 1. The van der Waals surface area contributed by atoms with Gasteiger partial charge in [-0.15, -0.1) is 11.3 Å². The van der Waals surface area contributed by atoms with Gasteiger partial charge in [0.05, 0.1) is 5.69 Å². The molecule has 6 heteroatoms. The van der Waals surface area contributed by atoms with Gasteiger partial charge < -0.3 is 11.1 Å². The second kappa shape index (κ2) is 5.13. The first kappa shape index (κ1) is 14.0. The molecule has 2 aromatic rings. The fourth-order valence-corrected chi connectivity index (χ4v) is 4.09. The lowest BCUT2D eigenvalue weighted by atomic mass is 10.2. The predicted molar refractivity (Wildman–Crippen MR) is 89.1 cm³/mol. The number of carbonyl (C=O) groups is 1. The van der Waals surface area contributed by atoms with E-state index in [4.69, 9.17) is 17.3 Å². The SMILES string of the molecule is CSC1(CNC(=O)c2sc3ccc(Cl)cc3c2N)CC1. The molecule has 0 radical (unpaired) electrons. The fourth-order valence-electron chi connectivity index (χ4n) is 2.17. The largest absolute Gasteiger partial charge is 0.397 e. The summed E-state index contributed by atoms with van der Waals surface area (Å²) in [5.41, 5.74) is 6.61. The van der Waals surface area contributed by atoms with Gasteiger partial charge in [-0.05, 0) is 37.3 Å². The summed E-state index contributed by atoms with van der Waals surface area (Å²) in [5, 5.41) is 4.50. The van der Waals surface area contributed by atoms with Crippen LogP contribution in [-0.2, 0) is 0 Å². The average Bonchev–Trinajstić information content (AvgIpc) is 3.16. The molecular weight excluding hydrogens is 312 g/mol. The van der Waals surface area contributed by atoms with Gasteiger partial charge in [-0.25, -0.2) is 0 Å². The van der Waals surface area contributed by atoms with Gasteiger partial charge in [-0.3, -0.25) is 4.79 Å². The Labute approximate surface area is 130 Å². The number of nitrogen functional groups attached to an aromatic ring is 1. The van der Waals surface area contributed by atoms with Gasteiger partial charge in [0, 0.05) is 26.4 Å². The zero-order valence-electron chi connectivity index (χ0n) is 11.0. The summed E-state index contributed by atoms with van der Waals surface area (Å²) in [6.07, 6.45) is 4.44. The molecular formula is C14H15ClN2OS2. The van der Waals surface area contributed by atoms with Crippen molar-refractivity contribution >= 4 is 56.4 Å². The number of nitrogens with two attached hydrogens (primary N) is 1. The Bertz CT molecular complexity index is 679. The number of anilines is 1. The van der Waals surface area contributed by atoms with Crippen LogP contribution in [0.3, 0.4) is 0 Å². The zero-order chi connectivity index (χ0) is 14.3. The number of rotatable bonds is 4. The van der Waals surface area contributed by atoms with E-state index in [0.29, 0.717) is 22.1 Å². The minimum Gasteiger partial charge on any atom is -0.397 e. The molecule has 1 saturated carbocycles. The Morgan fingerprint density at radius 3 is 2.95 bits per heavy atom. The van der Waals surface area contributed by atoms with Gasteiger partial charge in [0.15, 0.2) is 0 Å². The number of hydrogen-bond acceptors (Lipinski definition) is 4. The maximum absolute atomic E-state index is 12.3. The fraction of sp³-hybridized carbons (Fsp3) is 0.357. The highest BCUT2D eigenvalue weighted by atomic mass is 35.5. The van der Waals surface area contributed by atoms with Crippen molar-refractivity contribution in [3.63, 3.8) is 0 Å². The molecule has 1 aromatic heterocycles. The highest BCUT2D eigenvalue weighted by Gasteiger charge is 2.42. The summed E-state index contributed by atoms with van der Waals surface area (Å²) in [5.74, 6) is -0.0832. The smallest absolute Gasteiger partial charge is 0.263 e. The highest BCUT2D eigenvalue weighted by Crippen LogP contribution is 2.46. The molecule has 0 spiro atoms. The minimum atomic E-state index is -0.0832. The summed E-state index contributed by atoms with van der Waals surface area (Å²) in [7, 11) is 0. The van der Waals surface area contributed by atoms with Crippen LogP contribution in [0.4, 0.5) is 5.69 Å². The van der Waals surface area contributed by atoms with Gasteiger partial charge in [0.1, 0.15) is 4.88 Å². The van der Waals surface area contributed by atoms with Crippen molar-refractivity contribution in [1.82, 2.24) is 5.32 Å². The van der Waals surface area contributed by atoms with Gasteiger partial charge in [-0.2, -0.15) is 11.8 Å². The van der Waals surface area contributed by atoms with E-state index in [-0.39, 0.29) is 10.7 Å². The van der Waals surface area contributed by atoms with Crippen LogP contribution in [0.25, 0.3) is 10.1 Å². The molecule has 20 heavy (non-hydrogen) atoms. The second-order valence-corrected chi connectivity index (χ2v) is 7.82. The normalized spacial score (nSPS) is 16.3. The quantitative estimate of drug-likeness (QED) is 0.899. The summed E-state index contributed by atoms with van der Waals surface area (Å²) in [6.45, 7) is 0.710. The van der Waals surface area contributed by atoms with Crippen LogP contribution in [0, 0.1) is 0 Å². The van der Waals surface area contributed by atoms with Crippen LogP contribution in [0.1, 0.15) is 22.5 Å². The molecule has 106 valence electrons. The monoisotopic (exact) mass is 326 g/mol. The van der Waals surface area contributed by atoms with Crippen molar-refractivity contribution < 1.29 is 4.79 Å². The molecule has 0 saturated heterocycles. The number of benzene rings is 1. The average molecular weight is 327 g/mol. The molecule has 3 rings (SSSR count). The number of hydrogen-bond donors (Lipinski definition) is 2. The van der Waals surface area contributed by atoms with Crippen LogP contribution in [0.15, 0.2) is 18.2 Å². The van der Waals surface area contributed by atoms with E-state index >= 15 is 0 Å². The maximum atomic E-state index is 12.3. The standard InChI is InChI=1S/C14H15ClN2OS2/c1-19-14(4-5-14)7-17-13(18)12-11(16)9-6-8(15)2-3-10(9)20-12/h2-3,6H,4-5,7,16H2,1H3,(H,17,18). The van der Waals surface area contributed by atoms with Crippen LogP contribution in [0.5, 0.6) is 0 Å². The van der Waals surface area contributed by atoms with Crippen LogP contribution in [0.2, 0.25) is 5.02 Å². The topological polar surface area (TPSA) is 55.1 Å². The molecule has 1 aliphatic rings. The lowest BCUT2D eigenvalue weighted by molar-refractivity contribution is 0.0958. The lowest BCUT2D eigenvalue weighted by Crippen LogP contribution is -2.31. The summed E-state index contributed by atoms with van der Waals surface area (Å²) >= 11 is 9.22. The van der Waals surface area contributed by atoms with Crippen molar-refractivity contribution in [2.24, 2.45) is 0 Å². The molecule has 3 N–H and O–H groups in total. The third-order valence-electron chi connectivity index (χ3n) is 3.71. The Kier molecular flexibility index (Phi) is 3.60. The van der Waals surface area contributed by atoms with Gasteiger partial charge in [0.25, 0.3) is 5.91 Å². The van der Waals surface area contributed by atoms with E-state index in [9.17, 15) is 4.79 Å². The summed E-state index contributed by atoms with van der Waals surface area (Å²) in [6, 6.07) is 5.53. The number of halogens is 1. The Hall–Kier alpha value is -0.910. The first-order valence-corrected chi connectivity index (χ1v) is 8.77.